The molecule has 2 aromatic heterocycles. The Morgan fingerprint density at radius 2 is 1.81 bits per heavy atom. The minimum absolute atomic E-state index is 0.0940. The highest BCUT2D eigenvalue weighted by Gasteiger charge is 2.11. The second-order valence-corrected chi connectivity index (χ2v) is 8.57. The monoisotopic (exact) mass is 448 g/mol. The number of carbonyl (C=O) groups excluding carboxylic acids is 2. The van der Waals surface area contributed by atoms with Gasteiger partial charge in [0, 0.05) is 34.2 Å². The number of imidazole rings is 1. The average molecular weight is 449 g/mol. The van der Waals surface area contributed by atoms with E-state index in [0.717, 1.165) is 16.3 Å². The first kappa shape index (κ1) is 20.9. The first-order valence-corrected chi connectivity index (χ1v) is 11.5. The molecule has 0 spiro atoms. The summed E-state index contributed by atoms with van der Waals surface area (Å²) >= 11 is 2.97. The Balaban J connectivity index is 1.35. The van der Waals surface area contributed by atoms with Crippen LogP contribution in [0.2, 0.25) is 0 Å². The van der Waals surface area contributed by atoms with Crippen molar-refractivity contribution in [1.29, 1.82) is 0 Å². The van der Waals surface area contributed by atoms with E-state index < -0.39 is 0 Å². The van der Waals surface area contributed by atoms with Gasteiger partial charge in [-0.25, -0.2) is 4.98 Å². The Bertz CT molecular complexity index is 1140. The van der Waals surface area contributed by atoms with Crippen LogP contribution < -0.4 is 10.6 Å². The van der Waals surface area contributed by atoms with Crippen molar-refractivity contribution in [2.24, 2.45) is 0 Å². The molecule has 0 saturated heterocycles. The minimum atomic E-state index is -0.113. The number of para-hydroxylation sites is 1. The number of thiophene rings is 1. The molecule has 156 valence electrons. The lowest BCUT2D eigenvalue weighted by Gasteiger charge is -2.09. The van der Waals surface area contributed by atoms with E-state index in [1.54, 1.807) is 29.7 Å². The lowest BCUT2D eigenvalue weighted by molar-refractivity contribution is -0.113. The number of benzene rings is 2. The van der Waals surface area contributed by atoms with Gasteiger partial charge in [-0.2, -0.15) is 0 Å². The van der Waals surface area contributed by atoms with Crippen molar-refractivity contribution in [3.8, 4) is 5.69 Å². The predicted octanol–water partition coefficient (Wildman–Crippen LogP) is 4.59. The highest BCUT2D eigenvalue weighted by Crippen LogP contribution is 2.21. The summed E-state index contributed by atoms with van der Waals surface area (Å²) in [6, 6.07) is 20.6. The van der Waals surface area contributed by atoms with Crippen molar-refractivity contribution in [3.63, 3.8) is 0 Å². The molecular formula is C23H20N4O2S2. The zero-order chi connectivity index (χ0) is 21.5. The molecule has 0 saturated carbocycles. The standard InChI is InChI=1S/C23H20N4O2S2/c28-21(26-18-5-2-1-3-6-18)16-31-23-24-12-13-27(23)19-10-8-17(9-11-19)22(29)25-15-20-7-4-14-30-20/h1-14H,15-16H2,(H,25,29)(H,26,28). The number of anilines is 1. The number of nitrogens with one attached hydrogen (secondary N) is 2. The lowest BCUT2D eigenvalue weighted by atomic mass is 10.2. The molecule has 0 radical (unpaired) electrons. The second kappa shape index (κ2) is 10.1. The van der Waals surface area contributed by atoms with Gasteiger partial charge in [0.05, 0.1) is 12.3 Å². The molecule has 4 aromatic rings. The molecule has 0 fully saturated rings. The first-order chi connectivity index (χ1) is 15.2. The fourth-order valence-corrected chi connectivity index (χ4v) is 4.32. The molecule has 31 heavy (non-hydrogen) atoms. The molecule has 2 heterocycles. The Morgan fingerprint density at radius 1 is 1.00 bits per heavy atom. The van der Waals surface area contributed by atoms with Crippen LogP contribution >= 0.6 is 23.1 Å². The molecule has 0 atom stereocenters. The largest absolute Gasteiger partial charge is 0.347 e. The van der Waals surface area contributed by atoms with Crippen molar-refractivity contribution in [1.82, 2.24) is 14.9 Å². The van der Waals surface area contributed by atoms with Crippen LogP contribution in [0.5, 0.6) is 0 Å². The second-order valence-electron chi connectivity index (χ2n) is 6.59. The van der Waals surface area contributed by atoms with E-state index in [4.69, 9.17) is 0 Å². The third-order valence-corrected chi connectivity index (χ3v) is 6.25. The number of hydrogen-bond donors (Lipinski definition) is 2. The van der Waals surface area contributed by atoms with Crippen LogP contribution in [-0.4, -0.2) is 27.1 Å². The zero-order valence-corrected chi connectivity index (χ0v) is 18.2. The first-order valence-electron chi connectivity index (χ1n) is 9.61. The summed E-state index contributed by atoms with van der Waals surface area (Å²) in [6.07, 6.45) is 3.53. The van der Waals surface area contributed by atoms with Crippen molar-refractivity contribution >= 4 is 40.6 Å². The van der Waals surface area contributed by atoms with Gasteiger partial charge < -0.3 is 10.6 Å². The summed E-state index contributed by atoms with van der Waals surface area (Å²) in [5, 5.41) is 8.48. The Labute approximate surface area is 188 Å². The van der Waals surface area contributed by atoms with Gasteiger partial charge in [0.2, 0.25) is 5.91 Å². The topological polar surface area (TPSA) is 76.0 Å². The van der Waals surface area contributed by atoms with E-state index >= 15 is 0 Å². The van der Waals surface area contributed by atoms with Gasteiger partial charge in [-0.05, 0) is 47.8 Å². The van der Waals surface area contributed by atoms with Crippen molar-refractivity contribution < 1.29 is 9.59 Å². The van der Waals surface area contributed by atoms with Gasteiger partial charge in [-0.3, -0.25) is 14.2 Å². The van der Waals surface area contributed by atoms with Crippen LogP contribution in [0.1, 0.15) is 15.2 Å². The number of carbonyl (C=O) groups is 2. The summed E-state index contributed by atoms with van der Waals surface area (Å²) in [7, 11) is 0. The Kier molecular flexibility index (Phi) is 6.81. The van der Waals surface area contributed by atoms with E-state index in [-0.39, 0.29) is 17.6 Å². The van der Waals surface area contributed by atoms with E-state index in [1.165, 1.54) is 11.8 Å². The quantitative estimate of drug-likeness (QED) is 0.387. The summed E-state index contributed by atoms with van der Waals surface area (Å²) in [6.45, 7) is 0.519. The van der Waals surface area contributed by atoms with Crippen LogP contribution in [0.4, 0.5) is 5.69 Å². The predicted molar refractivity (Wildman–Crippen MR) is 125 cm³/mol. The van der Waals surface area contributed by atoms with Gasteiger partial charge >= 0.3 is 0 Å². The highest BCUT2D eigenvalue weighted by atomic mass is 32.2. The highest BCUT2D eigenvalue weighted by molar-refractivity contribution is 7.99. The van der Waals surface area contributed by atoms with Crippen LogP contribution in [-0.2, 0) is 11.3 Å². The average Bonchev–Trinajstić information content (AvgIpc) is 3.49. The third kappa shape index (κ3) is 5.62. The molecule has 8 heteroatoms. The van der Waals surface area contributed by atoms with Crippen molar-refractivity contribution in [2.75, 3.05) is 11.1 Å². The molecular weight excluding hydrogens is 428 g/mol. The van der Waals surface area contributed by atoms with E-state index in [2.05, 4.69) is 15.6 Å². The molecule has 2 N–H and O–H groups in total. The minimum Gasteiger partial charge on any atom is -0.347 e. The van der Waals surface area contributed by atoms with Gasteiger partial charge in [0.15, 0.2) is 5.16 Å². The summed E-state index contributed by atoms with van der Waals surface area (Å²) in [5.74, 6) is 0.0380. The molecule has 0 unspecified atom stereocenters. The summed E-state index contributed by atoms with van der Waals surface area (Å²) in [5.41, 5.74) is 2.24. The Hall–Kier alpha value is -3.36. The van der Waals surface area contributed by atoms with Crippen LogP contribution in [0, 0.1) is 0 Å². The molecule has 0 bridgehead atoms. The van der Waals surface area contributed by atoms with Gasteiger partial charge in [0.25, 0.3) is 5.91 Å². The van der Waals surface area contributed by atoms with Crippen LogP contribution in [0.25, 0.3) is 5.69 Å². The molecule has 2 amide bonds. The summed E-state index contributed by atoms with van der Waals surface area (Å²) < 4.78 is 1.90. The molecule has 0 aliphatic carbocycles. The maximum atomic E-state index is 12.4. The zero-order valence-electron chi connectivity index (χ0n) is 16.5. The van der Waals surface area contributed by atoms with Gasteiger partial charge in [-0.15, -0.1) is 11.3 Å². The number of thioether (sulfide) groups is 1. The van der Waals surface area contributed by atoms with Crippen molar-refractivity contribution in [3.05, 3.63) is 94.9 Å². The van der Waals surface area contributed by atoms with E-state index in [1.807, 2.05) is 70.7 Å². The maximum Gasteiger partial charge on any atom is 0.251 e. The summed E-state index contributed by atoms with van der Waals surface area (Å²) in [4.78, 5) is 30.0. The fraction of sp³-hybridized carbons (Fsp3) is 0.0870. The van der Waals surface area contributed by atoms with Crippen LogP contribution in [0.3, 0.4) is 0 Å². The Morgan fingerprint density at radius 3 is 2.55 bits per heavy atom. The third-order valence-electron chi connectivity index (χ3n) is 4.41. The molecule has 6 nitrogen and oxygen atoms in total. The molecule has 4 rings (SSSR count). The number of amides is 2. The fourth-order valence-electron chi connectivity index (χ4n) is 2.90. The molecule has 0 aliphatic heterocycles. The number of rotatable bonds is 8. The van der Waals surface area contributed by atoms with Gasteiger partial charge in [0.1, 0.15) is 0 Å². The molecule has 2 aromatic carbocycles. The van der Waals surface area contributed by atoms with Gasteiger partial charge in [-0.1, -0.05) is 36.0 Å². The maximum absolute atomic E-state index is 12.4. The number of nitrogens with zero attached hydrogens (tertiary/aromatic N) is 2. The van der Waals surface area contributed by atoms with Crippen LogP contribution in [0.15, 0.2) is 89.7 Å². The van der Waals surface area contributed by atoms with E-state index in [0.29, 0.717) is 17.3 Å². The number of hydrogen-bond acceptors (Lipinski definition) is 5. The molecule has 0 aliphatic rings. The van der Waals surface area contributed by atoms with Crippen molar-refractivity contribution in [2.45, 2.75) is 11.7 Å². The lowest BCUT2D eigenvalue weighted by Crippen LogP contribution is -2.22. The normalized spacial score (nSPS) is 10.6. The number of aromatic nitrogens is 2. The van der Waals surface area contributed by atoms with E-state index in [9.17, 15) is 9.59 Å². The SMILES string of the molecule is O=C(CSc1nccn1-c1ccc(C(=O)NCc2cccs2)cc1)Nc1ccccc1. The smallest absolute Gasteiger partial charge is 0.251 e.